The summed E-state index contributed by atoms with van der Waals surface area (Å²) in [6.07, 6.45) is 2.81. The largest absolute Gasteiger partial charge is 0.385 e. The molecule has 1 aromatic heterocycles. The van der Waals surface area contributed by atoms with Gasteiger partial charge < -0.3 is 4.74 Å². The van der Waals surface area contributed by atoms with E-state index >= 15 is 0 Å². The molecule has 0 aliphatic heterocycles. The predicted octanol–water partition coefficient (Wildman–Crippen LogP) is 1.50. The Balaban J connectivity index is 2.41. The quantitative estimate of drug-likeness (QED) is 0.771. The zero-order chi connectivity index (χ0) is 12.0. The van der Waals surface area contributed by atoms with E-state index in [1.54, 1.807) is 7.11 Å². The lowest BCUT2D eigenvalue weighted by Gasteiger charge is -2.03. The van der Waals surface area contributed by atoms with Gasteiger partial charge in [-0.2, -0.15) is 0 Å². The molecule has 0 aromatic carbocycles. The number of hydrogen-bond donors (Lipinski definition) is 1. The van der Waals surface area contributed by atoms with Crippen LogP contribution in [0.4, 0.5) is 0 Å². The maximum atomic E-state index is 11.6. The zero-order valence-electron chi connectivity index (χ0n) is 8.77. The Morgan fingerprint density at radius 3 is 2.88 bits per heavy atom. The van der Waals surface area contributed by atoms with Crippen molar-refractivity contribution < 1.29 is 13.2 Å². The van der Waals surface area contributed by atoms with Gasteiger partial charge in [0.1, 0.15) is 0 Å². The minimum absolute atomic E-state index is 0.143. The average molecular weight is 285 g/mol. The van der Waals surface area contributed by atoms with E-state index in [1.807, 2.05) is 0 Å². The number of hydrogen-bond acceptors (Lipinski definition) is 5. The first-order valence-electron chi connectivity index (χ1n) is 4.66. The SMILES string of the molecule is COCCCCNS(=O)(=O)c1cnc(Cl)s1. The van der Waals surface area contributed by atoms with Crippen molar-refractivity contribution in [2.75, 3.05) is 20.3 Å². The Labute approximate surface area is 104 Å². The smallest absolute Gasteiger partial charge is 0.251 e. The maximum absolute atomic E-state index is 11.6. The van der Waals surface area contributed by atoms with Gasteiger partial charge in [-0.15, -0.1) is 0 Å². The first-order valence-corrected chi connectivity index (χ1v) is 7.34. The van der Waals surface area contributed by atoms with Gasteiger partial charge in [-0.05, 0) is 12.8 Å². The molecule has 5 nitrogen and oxygen atoms in total. The van der Waals surface area contributed by atoms with Gasteiger partial charge in [-0.25, -0.2) is 18.1 Å². The van der Waals surface area contributed by atoms with E-state index in [0.717, 1.165) is 24.2 Å². The second-order valence-corrected chi connectivity index (χ2v) is 6.64. The lowest BCUT2D eigenvalue weighted by atomic mass is 10.3. The lowest BCUT2D eigenvalue weighted by Crippen LogP contribution is -2.24. The fraction of sp³-hybridized carbons (Fsp3) is 0.625. The molecule has 0 radical (unpaired) electrons. The summed E-state index contributed by atoms with van der Waals surface area (Å²) in [5, 5.41) is 0. The van der Waals surface area contributed by atoms with Crippen LogP contribution in [0.5, 0.6) is 0 Å². The van der Waals surface area contributed by atoms with Crippen molar-refractivity contribution in [3.8, 4) is 0 Å². The Kier molecular flexibility index (Phi) is 5.63. The van der Waals surface area contributed by atoms with Crippen LogP contribution in [0.3, 0.4) is 0 Å². The zero-order valence-corrected chi connectivity index (χ0v) is 11.2. The molecule has 0 fully saturated rings. The highest BCUT2D eigenvalue weighted by Gasteiger charge is 2.16. The van der Waals surface area contributed by atoms with Gasteiger partial charge >= 0.3 is 0 Å². The molecule has 0 aliphatic rings. The molecule has 0 amide bonds. The predicted molar refractivity (Wildman–Crippen MR) is 63.4 cm³/mol. The molecule has 0 saturated heterocycles. The van der Waals surface area contributed by atoms with Gasteiger partial charge in [0.2, 0.25) is 0 Å². The molecule has 1 aromatic rings. The van der Waals surface area contributed by atoms with E-state index in [2.05, 4.69) is 9.71 Å². The number of ether oxygens (including phenoxy) is 1. The normalized spacial score (nSPS) is 11.9. The first-order chi connectivity index (χ1) is 7.56. The summed E-state index contributed by atoms with van der Waals surface area (Å²) in [5.74, 6) is 0. The molecule has 8 heteroatoms. The minimum Gasteiger partial charge on any atom is -0.385 e. The molecule has 0 aliphatic carbocycles. The summed E-state index contributed by atoms with van der Waals surface area (Å²) < 4.78 is 31.0. The van der Waals surface area contributed by atoms with Gasteiger partial charge in [0, 0.05) is 20.3 Å². The number of sulfonamides is 1. The number of nitrogens with one attached hydrogen (secondary N) is 1. The summed E-state index contributed by atoms with van der Waals surface area (Å²) >= 11 is 6.51. The molecule has 1 heterocycles. The molecule has 0 atom stereocenters. The van der Waals surface area contributed by atoms with Crippen molar-refractivity contribution in [1.82, 2.24) is 9.71 Å². The summed E-state index contributed by atoms with van der Waals surface area (Å²) in [6, 6.07) is 0. The second-order valence-electron chi connectivity index (χ2n) is 3.03. The van der Waals surface area contributed by atoms with E-state index in [1.165, 1.54) is 6.20 Å². The highest BCUT2D eigenvalue weighted by molar-refractivity contribution is 7.91. The minimum atomic E-state index is -3.45. The van der Waals surface area contributed by atoms with E-state index in [9.17, 15) is 8.42 Å². The fourth-order valence-corrected chi connectivity index (χ4v) is 3.42. The van der Waals surface area contributed by atoms with E-state index in [-0.39, 0.29) is 8.68 Å². The van der Waals surface area contributed by atoms with Crippen LogP contribution in [0, 0.1) is 0 Å². The molecular formula is C8H13ClN2O3S2. The maximum Gasteiger partial charge on any atom is 0.251 e. The number of thiazole rings is 1. The number of nitrogens with zero attached hydrogens (tertiary/aromatic N) is 1. The first kappa shape index (κ1) is 13.9. The van der Waals surface area contributed by atoms with E-state index in [0.29, 0.717) is 13.2 Å². The van der Waals surface area contributed by atoms with Crippen LogP contribution in [-0.4, -0.2) is 33.7 Å². The van der Waals surface area contributed by atoms with Crippen LogP contribution in [0.25, 0.3) is 0 Å². The van der Waals surface area contributed by atoms with Crippen LogP contribution in [0.15, 0.2) is 10.4 Å². The van der Waals surface area contributed by atoms with Crippen molar-refractivity contribution in [3.63, 3.8) is 0 Å². The second kappa shape index (κ2) is 6.51. The molecule has 0 unspecified atom stereocenters. The third-order valence-electron chi connectivity index (χ3n) is 1.79. The molecule has 0 bridgehead atoms. The van der Waals surface area contributed by atoms with Crippen molar-refractivity contribution in [2.24, 2.45) is 0 Å². The standard InChI is InChI=1S/C8H13ClN2O3S2/c1-14-5-3-2-4-11-16(12,13)7-6-10-8(9)15-7/h6,11H,2-5H2,1H3. The molecule has 0 saturated carbocycles. The number of methoxy groups -OCH3 is 1. The molecular weight excluding hydrogens is 272 g/mol. The average Bonchev–Trinajstić information content (AvgIpc) is 2.65. The van der Waals surface area contributed by atoms with Crippen LogP contribution in [0.1, 0.15) is 12.8 Å². The lowest BCUT2D eigenvalue weighted by molar-refractivity contribution is 0.193. The van der Waals surface area contributed by atoms with Crippen molar-refractivity contribution in [1.29, 1.82) is 0 Å². The van der Waals surface area contributed by atoms with E-state index in [4.69, 9.17) is 16.3 Å². The Morgan fingerprint density at radius 1 is 1.56 bits per heavy atom. The Hall–Kier alpha value is -0.210. The molecule has 0 spiro atoms. The van der Waals surface area contributed by atoms with Gasteiger partial charge in [-0.3, -0.25) is 0 Å². The summed E-state index contributed by atoms with van der Waals surface area (Å²) in [6.45, 7) is 1.02. The fourth-order valence-electron chi connectivity index (χ4n) is 1.01. The van der Waals surface area contributed by atoms with Gasteiger partial charge in [0.15, 0.2) is 8.68 Å². The summed E-state index contributed by atoms with van der Waals surface area (Å²) in [7, 11) is -1.83. The van der Waals surface area contributed by atoms with E-state index < -0.39 is 10.0 Å². The molecule has 16 heavy (non-hydrogen) atoms. The van der Waals surface area contributed by atoms with Crippen LogP contribution < -0.4 is 4.72 Å². The number of unbranched alkanes of at least 4 members (excludes halogenated alkanes) is 1. The highest BCUT2D eigenvalue weighted by Crippen LogP contribution is 2.21. The van der Waals surface area contributed by atoms with Crippen molar-refractivity contribution >= 4 is 33.0 Å². The number of rotatable bonds is 7. The Morgan fingerprint density at radius 2 is 2.31 bits per heavy atom. The van der Waals surface area contributed by atoms with Gasteiger partial charge in [0.05, 0.1) is 6.20 Å². The van der Waals surface area contributed by atoms with Gasteiger partial charge in [0.25, 0.3) is 10.0 Å². The number of aromatic nitrogens is 1. The molecule has 1 N–H and O–H groups in total. The Bertz CT molecular complexity index is 419. The van der Waals surface area contributed by atoms with Crippen molar-refractivity contribution in [3.05, 3.63) is 10.7 Å². The molecule has 92 valence electrons. The monoisotopic (exact) mass is 284 g/mol. The van der Waals surface area contributed by atoms with Crippen LogP contribution in [0.2, 0.25) is 4.47 Å². The highest BCUT2D eigenvalue weighted by atomic mass is 35.5. The third kappa shape index (κ3) is 4.34. The van der Waals surface area contributed by atoms with Crippen molar-refractivity contribution in [2.45, 2.75) is 17.1 Å². The van der Waals surface area contributed by atoms with Crippen LogP contribution in [-0.2, 0) is 14.8 Å². The topological polar surface area (TPSA) is 68.3 Å². The number of halogens is 1. The summed E-state index contributed by atoms with van der Waals surface area (Å²) in [4.78, 5) is 3.69. The summed E-state index contributed by atoms with van der Waals surface area (Å²) in [5.41, 5.74) is 0. The third-order valence-corrected chi connectivity index (χ3v) is 4.83. The molecule has 1 rings (SSSR count). The van der Waals surface area contributed by atoms with Crippen LogP contribution >= 0.6 is 22.9 Å². The van der Waals surface area contributed by atoms with Gasteiger partial charge in [-0.1, -0.05) is 22.9 Å².